The summed E-state index contributed by atoms with van der Waals surface area (Å²) in [6.45, 7) is 0. The summed E-state index contributed by atoms with van der Waals surface area (Å²) < 4.78 is 3.23. The quantitative estimate of drug-likeness (QED) is 0.394. The number of fused-ring (bicyclic) bond motifs is 1. The molecule has 0 bridgehead atoms. The second-order valence-electron chi connectivity index (χ2n) is 6.43. The SMILES string of the molecule is O=c1ccn(-c2ccnc(Cl)c2)nc1-c1ccnn1-c1ccnc2ccc(Cl)cc12. The van der Waals surface area contributed by atoms with Crippen molar-refractivity contribution in [3.63, 3.8) is 0 Å². The molecule has 4 aromatic heterocycles. The zero-order valence-corrected chi connectivity index (χ0v) is 16.8. The lowest BCUT2D eigenvalue weighted by Gasteiger charge is -2.11. The van der Waals surface area contributed by atoms with E-state index in [1.165, 1.54) is 6.07 Å². The minimum atomic E-state index is -0.232. The summed E-state index contributed by atoms with van der Waals surface area (Å²) in [6.07, 6.45) is 6.47. The Morgan fingerprint density at radius 1 is 0.867 bits per heavy atom. The summed E-state index contributed by atoms with van der Waals surface area (Å²) in [5.74, 6) is 0. The molecule has 7 nitrogen and oxygen atoms in total. The zero-order chi connectivity index (χ0) is 20.7. The number of aromatic nitrogens is 6. The summed E-state index contributed by atoms with van der Waals surface area (Å²) in [4.78, 5) is 21.0. The van der Waals surface area contributed by atoms with E-state index in [4.69, 9.17) is 23.2 Å². The van der Waals surface area contributed by atoms with Crippen molar-refractivity contribution in [1.82, 2.24) is 29.5 Å². The van der Waals surface area contributed by atoms with Crippen LogP contribution in [0.5, 0.6) is 0 Å². The summed E-state index contributed by atoms with van der Waals surface area (Å²) in [6, 6.07) is 13.9. The first-order valence-electron chi connectivity index (χ1n) is 8.91. The normalized spacial score (nSPS) is 11.1. The molecule has 5 rings (SSSR count). The highest BCUT2D eigenvalue weighted by atomic mass is 35.5. The van der Waals surface area contributed by atoms with Gasteiger partial charge in [0.2, 0.25) is 5.43 Å². The van der Waals surface area contributed by atoms with Crippen LogP contribution in [0.2, 0.25) is 10.2 Å². The number of nitrogens with zero attached hydrogens (tertiary/aromatic N) is 6. The van der Waals surface area contributed by atoms with Crippen LogP contribution in [0.15, 0.2) is 78.1 Å². The van der Waals surface area contributed by atoms with Crippen molar-refractivity contribution in [1.29, 1.82) is 0 Å². The molecule has 1 aromatic carbocycles. The van der Waals surface area contributed by atoms with Gasteiger partial charge in [-0.05, 0) is 36.4 Å². The van der Waals surface area contributed by atoms with Crippen LogP contribution in [-0.2, 0) is 0 Å². The molecule has 9 heteroatoms. The van der Waals surface area contributed by atoms with E-state index in [1.54, 1.807) is 58.4 Å². The predicted octanol–water partition coefficient (Wildman–Crippen LogP) is 4.34. The molecule has 0 aliphatic rings. The highest BCUT2D eigenvalue weighted by molar-refractivity contribution is 6.31. The number of halogens is 2. The van der Waals surface area contributed by atoms with E-state index >= 15 is 0 Å². The zero-order valence-electron chi connectivity index (χ0n) is 15.3. The molecule has 0 saturated carbocycles. The van der Waals surface area contributed by atoms with Gasteiger partial charge in [0.25, 0.3) is 0 Å². The Morgan fingerprint density at radius 2 is 1.73 bits per heavy atom. The van der Waals surface area contributed by atoms with E-state index < -0.39 is 0 Å². The molecule has 0 spiro atoms. The average molecular weight is 435 g/mol. The van der Waals surface area contributed by atoms with Crippen LogP contribution in [-0.4, -0.2) is 29.5 Å². The van der Waals surface area contributed by atoms with Gasteiger partial charge in [-0.25, -0.2) is 14.3 Å². The maximum absolute atomic E-state index is 12.7. The molecule has 0 atom stereocenters. The first-order chi connectivity index (χ1) is 14.6. The molecule has 0 aliphatic heterocycles. The van der Waals surface area contributed by atoms with Gasteiger partial charge in [0, 0.05) is 41.1 Å². The van der Waals surface area contributed by atoms with Crippen molar-refractivity contribution in [3.05, 3.63) is 93.7 Å². The summed E-state index contributed by atoms with van der Waals surface area (Å²) in [5, 5.41) is 10.7. The molecule has 4 heterocycles. The summed E-state index contributed by atoms with van der Waals surface area (Å²) >= 11 is 12.2. The number of benzene rings is 1. The van der Waals surface area contributed by atoms with E-state index in [-0.39, 0.29) is 11.1 Å². The van der Waals surface area contributed by atoms with Crippen molar-refractivity contribution in [2.24, 2.45) is 0 Å². The number of hydrogen-bond acceptors (Lipinski definition) is 5. The third kappa shape index (κ3) is 3.24. The molecule has 5 aromatic rings. The van der Waals surface area contributed by atoms with Gasteiger partial charge in [-0.1, -0.05) is 23.2 Å². The monoisotopic (exact) mass is 434 g/mol. The molecule has 0 amide bonds. The summed E-state index contributed by atoms with van der Waals surface area (Å²) in [7, 11) is 0. The van der Waals surface area contributed by atoms with Gasteiger partial charge < -0.3 is 0 Å². The van der Waals surface area contributed by atoms with Gasteiger partial charge in [-0.3, -0.25) is 9.78 Å². The minimum absolute atomic E-state index is 0.232. The fourth-order valence-electron chi connectivity index (χ4n) is 3.23. The highest BCUT2D eigenvalue weighted by Gasteiger charge is 2.16. The minimum Gasteiger partial charge on any atom is -0.287 e. The van der Waals surface area contributed by atoms with Crippen LogP contribution in [0, 0.1) is 0 Å². The van der Waals surface area contributed by atoms with Crippen LogP contribution < -0.4 is 5.43 Å². The molecular weight excluding hydrogens is 423 g/mol. The maximum Gasteiger partial charge on any atom is 0.209 e. The van der Waals surface area contributed by atoms with E-state index in [0.29, 0.717) is 21.6 Å². The average Bonchev–Trinajstić information content (AvgIpc) is 3.23. The standard InChI is InChI=1S/C21H12Cl2N6O/c22-13-1-2-16-15(11-13)17(4-8-24-16)29-18(5-9-26-29)21-19(30)6-10-28(27-21)14-3-7-25-20(23)12-14/h1-12H. The Kier molecular flexibility index (Phi) is 4.54. The lowest BCUT2D eigenvalue weighted by molar-refractivity contribution is 0.822. The molecule has 0 fully saturated rings. The molecule has 30 heavy (non-hydrogen) atoms. The number of hydrogen-bond donors (Lipinski definition) is 0. The Hall–Kier alpha value is -3.55. The molecule has 0 unspecified atom stereocenters. The Balaban J connectivity index is 1.71. The second kappa shape index (κ2) is 7.37. The Morgan fingerprint density at radius 3 is 2.60 bits per heavy atom. The summed E-state index contributed by atoms with van der Waals surface area (Å²) in [5.41, 5.74) is 2.75. The van der Waals surface area contributed by atoms with E-state index in [1.807, 2.05) is 18.2 Å². The molecule has 0 radical (unpaired) electrons. The van der Waals surface area contributed by atoms with Gasteiger partial charge in [0.05, 0.1) is 28.8 Å². The molecule has 0 aliphatic carbocycles. The highest BCUT2D eigenvalue weighted by Crippen LogP contribution is 2.26. The van der Waals surface area contributed by atoms with Gasteiger partial charge >= 0.3 is 0 Å². The first kappa shape index (κ1) is 18.5. The van der Waals surface area contributed by atoms with Gasteiger partial charge in [0.1, 0.15) is 5.15 Å². The van der Waals surface area contributed by atoms with E-state index in [2.05, 4.69) is 20.2 Å². The fourth-order valence-corrected chi connectivity index (χ4v) is 3.57. The molecule has 0 saturated heterocycles. The Labute approximate surface area is 180 Å². The lowest BCUT2D eigenvalue weighted by Crippen LogP contribution is -2.15. The third-order valence-corrected chi connectivity index (χ3v) is 5.02. The van der Waals surface area contributed by atoms with E-state index in [9.17, 15) is 4.79 Å². The fraction of sp³-hybridized carbons (Fsp3) is 0. The number of pyridine rings is 2. The smallest absolute Gasteiger partial charge is 0.209 e. The molecular formula is C21H12Cl2N6O. The second-order valence-corrected chi connectivity index (χ2v) is 7.25. The largest absolute Gasteiger partial charge is 0.287 e. The van der Waals surface area contributed by atoms with Crippen LogP contribution >= 0.6 is 23.2 Å². The van der Waals surface area contributed by atoms with E-state index in [0.717, 1.165) is 16.6 Å². The third-order valence-electron chi connectivity index (χ3n) is 4.58. The predicted molar refractivity (Wildman–Crippen MR) is 116 cm³/mol. The van der Waals surface area contributed by atoms with Gasteiger partial charge in [-0.2, -0.15) is 10.2 Å². The number of rotatable bonds is 3. The lowest BCUT2D eigenvalue weighted by atomic mass is 10.2. The molecule has 0 N–H and O–H groups in total. The van der Waals surface area contributed by atoms with Crippen molar-refractivity contribution in [3.8, 4) is 22.8 Å². The van der Waals surface area contributed by atoms with Crippen molar-refractivity contribution < 1.29 is 0 Å². The van der Waals surface area contributed by atoms with Crippen LogP contribution in [0.3, 0.4) is 0 Å². The van der Waals surface area contributed by atoms with Gasteiger partial charge in [0.15, 0.2) is 5.69 Å². The van der Waals surface area contributed by atoms with Gasteiger partial charge in [-0.15, -0.1) is 0 Å². The Bertz CT molecular complexity index is 1460. The van der Waals surface area contributed by atoms with Crippen molar-refractivity contribution in [2.75, 3.05) is 0 Å². The van der Waals surface area contributed by atoms with Crippen molar-refractivity contribution in [2.45, 2.75) is 0 Å². The van der Waals surface area contributed by atoms with Crippen LogP contribution in [0.4, 0.5) is 0 Å². The molecule has 146 valence electrons. The topological polar surface area (TPSA) is 78.5 Å². The maximum atomic E-state index is 12.7. The first-order valence-corrected chi connectivity index (χ1v) is 9.67. The van der Waals surface area contributed by atoms with Crippen LogP contribution in [0.1, 0.15) is 0 Å². The van der Waals surface area contributed by atoms with Crippen molar-refractivity contribution >= 4 is 34.1 Å². The van der Waals surface area contributed by atoms with Crippen LogP contribution in [0.25, 0.3) is 33.7 Å².